The van der Waals surface area contributed by atoms with Gasteiger partial charge in [0, 0.05) is 38.8 Å². The molecule has 1 aromatic rings. The van der Waals surface area contributed by atoms with Crippen LogP contribution >= 0.6 is 0 Å². The molecule has 1 amide bonds. The smallest absolute Gasteiger partial charge is 0.242 e. The van der Waals surface area contributed by atoms with Crippen LogP contribution in [0.4, 0.5) is 0 Å². The van der Waals surface area contributed by atoms with E-state index in [1.807, 2.05) is 17.9 Å². The number of carbonyl (C=O) groups excluding carboxylic acids is 1. The van der Waals surface area contributed by atoms with Gasteiger partial charge in [-0.3, -0.25) is 9.69 Å². The van der Waals surface area contributed by atoms with Gasteiger partial charge in [0.1, 0.15) is 5.76 Å². The van der Waals surface area contributed by atoms with Crippen molar-refractivity contribution in [2.75, 3.05) is 26.2 Å². The van der Waals surface area contributed by atoms with Gasteiger partial charge in [-0.05, 0) is 19.8 Å². The summed E-state index contributed by atoms with van der Waals surface area (Å²) in [7, 11) is 0. The Morgan fingerprint density at radius 2 is 2.11 bits per heavy atom. The summed E-state index contributed by atoms with van der Waals surface area (Å²) in [6.07, 6.45) is 1.68. The number of aryl methyl sites for hydroxylation is 1. The van der Waals surface area contributed by atoms with Gasteiger partial charge in [-0.15, -0.1) is 0 Å². The summed E-state index contributed by atoms with van der Waals surface area (Å²) >= 11 is 0. The summed E-state index contributed by atoms with van der Waals surface area (Å²) < 4.78 is 5.06. The second-order valence-electron chi connectivity index (χ2n) is 5.65. The number of carbonyl (C=O) groups is 1. The van der Waals surface area contributed by atoms with Gasteiger partial charge >= 0.3 is 0 Å². The average molecular weight is 264 g/mol. The van der Waals surface area contributed by atoms with Crippen molar-refractivity contribution in [3.63, 3.8) is 0 Å². The van der Waals surface area contributed by atoms with Crippen LogP contribution in [0.1, 0.15) is 24.3 Å². The summed E-state index contributed by atoms with van der Waals surface area (Å²) in [6.45, 7) is 5.93. The first kappa shape index (κ1) is 12.6. The Morgan fingerprint density at radius 3 is 2.63 bits per heavy atom. The average Bonchev–Trinajstić information content (AvgIpc) is 3.03. The molecule has 0 unspecified atom stereocenters. The minimum Gasteiger partial charge on any atom is -0.361 e. The van der Waals surface area contributed by atoms with E-state index >= 15 is 0 Å². The van der Waals surface area contributed by atoms with Crippen molar-refractivity contribution in [2.24, 2.45) is 5.73 Å². The van der Waals surface area contributed by atoms with E-state index in [4.69, 9.17) is 10.3 Å². The largest absolute Gasteiger partial charge is 0.361 e. The third-order valence-corrected chi connectivity index (χ3v) is 3.94. The Balaban J connectivity index is 1.50. The maximum absolute atomic E-state index is 12.1. The molecule has 2 fully saturated rings. The van der Waals surface area contributed by atoms with E-state index in [0.717, 1.165) is 57.0 Å². The molecule has 0 spiro atoms. The normalized spacial score (nSPS) is 22.5. The maximum Gasteiger partial charge on any atom is 0.242 e. The summed E-state index contributed by atoms with van der Waals surface area (Å²) in [5.41, 5.74) is 6.37. The molecule has 3 rings (SSSR count). The van der Waals surface area contributed by atoms with Crippen LogP contribution in [0.3, 0.4) is 0 Å². The molecular formula is C13H20N4O2. The Kier molecular flexibility index (Phi) is 3.06. The lowest BCUT2D eigenvalue weighted by Crippen LogP contribution is -2.53. The minimum absolute atomic E-state index is 0.129. The zero-order chi connectivity index (χ0) is 13.5. The minimum atomic E-state index is -0.536. The zero-order valence-electron chi connectivity index (χ0n) is 11.3. The first-order valence-corrected chi connectivity index (χ1v) is 6.80. The van der Waals surface area contributed by atoms with Crippen molar-refractivity contribution in [1.82, 2.24) is 15.0 Å². The molecule has 0 bridgehead atoms. The molecule has 6 nitrogen and oxygen atoms in total. The van der Waals surface area contributed by atoms with Crippen LogP contribution in [0.5, 0.6) is 0 Å². The van der Waals surface area contributed by atoms with Gasteiger partial charge in [0.2, 0.25) is 5.91 Å². The summed E-state index contributed by atoms with van der Waals surface area (Å²) in [6, 6.07) is 1.95. The summed E-state index contributed by atoms with van der Waals surface area (Å²) in [5.74, 6) is 0.965. The van der Waals surface area contributed by atoms with Gasteiger partial charge < -0.3 is 15.2 Å². The van der Waals surface area contributed by atoms with E-state index in [1.165, 1.54) is 0 Å². The zero-order valence-corrected chi connectivity index (χ0v) is 11.3. The van der Waals surface area contributed by atoms with E-state index in [-0.39, 0.29) is 5.91 Å². The van der Waals surface area contributed by atoms with E-state index < -0.39 is 5.54 Å². The molecule has 2 N–H and O–H groups in total. The molecular weight excluding hydrogens is 244 g/mol. The van der Waals surface area contributed by atoms with Gasteiger partial charge in [-0.25, -0.2) is 0 Å². The predicted octanol–water partition coefficient (Wildman–Crippen LogP) is 0.119. The van der Waals surface area contributed by atoms with Gasteiger partial charge in [-0.1, -0.05) is 5.16 Å². The number of amides is 1. The van der Waals surface area contributed by atoms with Crippen molar-refractivity contribution in [3.8, 4) is 0 Å². The van der Waals surface area contributed by atoms with E-state index in [9.17, 15) is 4.79 Å². The number of piperazine rings is 1. The molecule has 2 aliphatic rings. The summed E-state index contributed by atoms with van der Waals surface area (Å²) in [5, 5.41) is 4.00. The van der Waals surface area contributed by atoms with Gasteiger partial charge in [0.25, 0.3) is 0 Å². The van der Waals surface area contributed by atoms with Crippen LogP contribution in [-0.4, -0.2) is 52.6 Å². The number of nitrogens with zero attached hydrogens (tertiary/aromatic N) is 3. The first-order chi connectivity index (χ1) is 9.07. The number of aromatic nitrogens is 1. The topological polar surface area (TPSA) is 75.6 Å². The molecule has 6 heteroatoms. The molecule has 1 aromatic heterocycles. The fraction of sp³-hybridized carbons (Fsp3) is 0.692. The van der Waals surface area contributed by atoms with Crippen LogP contribution in [0.2, 0.25) is 0 Å². The lowest BCUT2D eigenvalue weighted by atomic mass is 10.2. The SMILES string of the molecule is Cc1cc(CN2CCN(C(=O)C3(N)CC3)CC2)no1. The quantitative estimate of drug-likeness (QED) is 0.839. The van der Waals surface area contributed by atoms with Crippen LogP contribution in [0, 0.1) is 6.92 Å². The molecule has 0 atom stereocenters. The van der Waals surface area contributed by atoms with Gasteiger partial charge in [0.15, 0.2) is 0 Å². The van der Waals surface area contributed by atoms with Crippen molar-refractivity contribution in [1.29, 1.82) is 0 Å². The molecule has 1 saturated heterocycles. The van der Waals surface area contributed by atoms with Crippen LogP contribution in [0.25, 0.3) is 0 Å². The standard InChI is InChI=1S/C13H20N4O2/c1-10-8-11(15-19-10)9-16-4-6-17(7-5-16)12(18)13(14)2-3-13/h8H,2-7,9,14H2,1H3. The molecule has 1 saturated carbocycles. The lowest BCUT2D eigenvalue weighted by Gasteiger charge is -2.35. The molecule has 104 valence electrons. The Hall–Kier alpha value is -1.40. The molecule has 19 heavy (non-hydrogen) atoms. The molecule has 0 aromatic carbocycles. The number of nitrogens with two attached hydrogens (primary N) is 1. The van der Waals surface area contributed by atoms with Crippen molar-refractivity contribution < 1.29 is 9.32 Å². The van der Waals surface area contributed by atoms with E-state index in [0.29, 0.717) is 0 Å². The van der Waals surface area contributed by atoms with Crippen LogP contribution in [0.15, 0.2) is 10.6 Å². The Morgan fingerprint density at radius 1 is 1.42 bits per heavy atom. The highest BCUT2D eigenvalue weighted by molar-refractivity contribution is 5.89. The second kappa shape index (κ2) is 4.61. The fourth-order valence-electron chi connectivity index (χ4n) is 2.49. The number of rotatable bonds is 3. The summed E-state index contributed by atoms with van der Waals surface area (Å²) in [4.78, 5) is 16.3. The highest BCUT2D eigenvalue weighted by Gasteiger charge is 2.48. The Bertz CT molecular complexity index is 473. The molecule has 2 heterocycles. The van der Waals surface area contributed by atoms with Crippen LogP contribution < -0.4 is 5.73 Å². The van der Waals surface area contributed by atoms with Crippen molar-refractivity contribution in [3.05, 3.63) is 17.5 Å². The highest BCUT2D eigenvalue weighted by atomic mass is 16.5. The van der Waals surface area contributed by atoms with Crippen molar-refractivity contribution in [2.45, 2.75) is 31.8 Å². The maximum atomic E-state index is 12.1. The molecule has 1 aliphatic heterocycles. The predicted molar refractivity (Wildman–Crippen MR) is 69.2 cm³/mol. The number of hydrogen-bond acceptors (Lipinski definition) is 5. The van der Waals surface area contributed by atoms with E-state index in [2.05, 4.69) is 10.1 Å². The fourth-order valence-corrected chi connectivity index (χ4v) is 2.49. The van der Waals surface area contributed by atoms with Gasteiger partial charge in [-0.2, -0.15) is 0 Å². The van der Waals surface area contributed by atoms with Crippen LogP contribution in [-0.2, 0) is 11.3 Å². The van der Waals surface area contributed by atoms with Gasteiger partial charge in [0.05, 0.1) is 11.2 Å². The molecule has 0 radical (unpaired) electrons. The number of hydrogen-bond donors (Lipinski definition) is 1. The van der Waals surface area contributed by atoms with E-state index in [1.54, 1.807) is 0 Å². The monoisotopic (exact) mass is 264 g/mol. The lowest BCUT2D eigenvalue weighted by molar-refractivity contribution is -0.135. The molecule has 1 aliphatic carbocycles. The highest BCUT2D eigenvalue weighted by Crippen LogP contribution is 2.34. The Labute approximate surface area is 112 Å². The third kappa shape index (κ3) is 2.64. The first-order valence-electron chi connectivity index (χ1n) is 6.80. The third-order valence-electron chi connectivity index (χ3n) is 3.94. The second-order valence-corrected chi connectivity index (χ2v) is 5.65. The van der Waals surface area contributed by atoms with Crippen molar-refractivity contribution >= 4 is 5.91 Å².